The number of benzene rings is 1. The Labute approximate surface area is 117 Å². The SMILES string of the molecule is NCC(O)(CSc1ccc2c(c1)OCCO2)C1CC1. The first-order valence-corrected chi connectivity index (χ1v) is 7.65. The number of hydrogen-bond donors (Lipinski definition) is 2. The van der Waals surface area contributed by atoms with E-state index in [1.807, 2.05) is 18.2 Å². The van der Waals surface area contributed by atoms with Crippen LogP contribution in [0.1, 0.15) is 12.8 Å². The van der Waals surface area contributed by atoms with Crippen molar-refractivity contribution in [1.29, 1.82) is 0 Å². The second-order valence-corrected chi connectivity index (χ2v) is 6.22. The van der Waals surface area contributed by atoms with E-state index in [-0.39, 0.29) is 0 Å². The first-order chi connectivity index (χ1) is 9.21. The minimum Gasteiger partial charge on any atom is -0.486 e. The summed E-state index contributed by atoms with van der Waals surface area (Å²) in [5.41, 5.74) is 4.99. The molecule has 19 heavy (non-hydrogen) atoms. The Morgan fingerprint density at radius 3 is 2.68 bits per heavy atom. The molecule has 0 spiro atoms. The molecule has 3 rings (SSSR count). The molecule has 1 saturated carbocycles. The third-order valence-electron chi connectivity index (χ3n) is 3.69. The minimum atomic E-state index is -0.724. The van der Waals surface area contributed by atoms with Crippen LogP contribution in [0.5, 0.6) is 11.5 Å². The highest BCUT2D eigenvalue weighted by atomic mass is 32.2. The Kier molecular flexibility index (Phi) is 3.60. The Hall–Kier alpha value is -0.910. The number of fused-ring (bicyclic) bond motifs is 1. The van der Waals surface area contributed by atoms with Gasteiger partial charge in [-0.2, -0.15) is 0 Å². The molecule has 1 unspecified atom stereocenters. The Bertz CT molecular complexity index is 464. The number of nitrogens with two attached hydrogens (primary N) is 1. The van der Waals surface area contributed by atoms with E-state index >= 15 is 0 Å². The van der Waals surface area contributed by atoms with Crippen LogP contribution in [-0.4, -0.2) is 36.2 Å². The molecule has 1 aliphatic heterocycles. The monoisotopic (exact) mass is 281 g/mol. The standard InChI is InChI=1S/C14H19NO3S/c15-8-14(16,10-1-2-10)9-19-11-3-4-12-13(7-11)18-6-5-17-12/h3-4,7,10,16H,1-2,5-6,8-9,15H2. The Morgan fingerprint density at radius 2 is 2.00 bits per heavy atom. The number of thioether (sulfide) groups is 1. The molecule has 1 fully saturated rings. The normalized spacial score (nSPS) is 20.9. The zero-order chi connectivity index (χ0) is 13.3. The van der Waals surface area contributed by atoms with Crippen LogP contribution >= 0.6 is 11.8 Å². The summed E-state index contributed by atoms with van der Waals surface area (Å²) in [4.78, 5) is 1.08. The van der Waals surface area contributed by atoms with E-state index in [1.165, 1.54) is 0 Å². The van der Waals surface area contributed by atoms with Crippen molar-refractivity contribution in [3.05, 3.63) is 18.2 Å². The fourth-order valence-corrected chi connectivity index (χ4v) is 3.41. The van der Waals surface area contributed by atoms with Gasteiger partial charge >= 0.3 is 0 Å². The number of aliphatic hydroxyl groups is 1. The van der Waals surface area contributed by atoms with E-state index in [0.29, 0.717) is 31.4 Å². The zero-order valence-corrected chi connectivity index (χ0v) is 11.6. The highest BCUT2D eigenvalue weighted by Gasteiger charge is 2.42. The highest BCUT2D eigenvalue weighted by molar-refractivity contribution is 7.99. The second-order valence-electron chi connectivity index (χ2n) is 5.18. The topological polar surface area (TPSA) is 64.7 Å². The predicted molar refractivity (Wildman–Crippen MR) is 74.9 cm³/mol. The fraction of sp³-hybridized carbons (Fsp3) is 0.571. The van der Waals surface area contributed by atoms with Crippen molar-refractivity contribution in [2.75, 3.05) is 25.5 Å². The van der Waals surface area contributed by atoms with Crippen LogP contribution in [0.15, 0.2) is 23.1 Å². The van der Waals surface area contributed by atoms with Gasteiger partial charge in [-0.3, -0.25) is 0 Å². The Balaban J connectivity index is 1.66. The average Bonchev–Trinajstić information content (AvgIpc) is 3.29. The van der Waals surface area contributed by atoms with Gasteiger partial charge in [0, 0.05) is 17.2 Å². The summed E-state index contributed by atoms with van der Waals surface area (Å²) in [7, 11) is 0. The molecular formula is C14H19NO3S. The summed E-state index contributed by atoms with van der Waals surface area (Å²) < 4.78 is 11.0. The van der Waals surface area contributed by atoms with Crippen molar-refractivity contribution in [2.45, 2.75) is 23.3 Å². The molecule has 0 aromatic heterocycles. The lowest BCUT2D eigenvalue weighted by Gasteiger charge is -2.26. The van der Waals surface area contributed by atoms with Gasteiger partial charge in [0.05, 0.1) is 5.60 Å². The lowest BCUT2D eigenvalue weighted by atomic mass is 10.0. The van der Waals surface area contributed by atoms with Crippen molar-refractivity contribution in [3.8, 4) is 11.5 Å². The third kappa shape index (κ3) is 2.83. The summed E-state index contributed by atoms with van der Waals surface area (Å²) in [5, 5.41) is 10.5. The van der Waals surface area contributed by atoms with Crippen molar-refractivity contribution >= 4 is 11.8 Å². The quantitative estimate of drug-likeness (QED) is 0.803. The zero-order valence-electron chi connectivity index (χ0n) is 10.8. The van der Waals surface area contributed by atoms with Gasteiger partial charge in [0.15, 0.2) is 11.5 Å². The van der Waals surface area contributed by atoms with Gasteiger partial charge in [0.2, 0.25) is 0 Å². The molecule has 0 saturated heterocycles. The van der Waals surface area contributed by atoms with Crippen LogP contribution in [-0.2, 0) is 0 Å². The molecule has 1 heterocycles. The van der Waals surface area contributed by atoms with Crippen LogP contribution < -0.4 is 15.2 Å². The smallest absolute Gasteiger partial charge is 0.162 e. The lowest BCUT2D eigenvalue weighted by molar-refractivity contribution is 0.0510. The van der Waals surface area contributed by atoms with Crippen LogP contribution in [0, 0.1) is 5.92 Å². The van der Waals surface area contributed by atoms with Gasteiger partial charge in [0.25, 0.3) is 0 Å². The van der Waals surface area contributed by atoms with Gasteiger partial charge in [-0.05, 0) is 37.0 Å². The number of ether oxygens (including phenoxy) is 2. The van der Waals surface area contributed by atoms with E-state index in [1.54, 1.807) is 11.8 Å². The van der Waals surface area contributed by atoms with E-state index in [4.69, 9.17) is 15.2 Å². The van der Waals surface area contributed by atoms with Crippen molar-refractivity contribution in [1.82, 2.24) is 0 Å². The maximum atomic E-state index is 10.5. The van der Waals surface area contributed by atoms with Gasteiger partial charge in [-0.15, -0.1) is 11.8 Å². The van der Waals surface area contributed by atoms with Gasteiger partial charge in [-0.1, -0.05) is 0 Å². The molecular weight excluding hydrogens is 262 g/mol. The predicted octanol–water partition coefficient (Wildman–Crippen LogP) is 1.65. The fourth-order valence-electron chi connectivity index (χ4n) is 2.29. The summed E-state index contributed by atoms with van der Waals surface area (Å²) >= 11 is 1.63. The Morgan fingerprint density at radius 1 is 1.26 bits per heavy atom. The molecule has 4 nitrogen and oxygen atoms in total. The molecule has 1 aliphatic carbocycles. The highest BCUT2D eigenvalue weighted by Crippen LogP contribution is 2.42. The molecule has 104 valence electrons. The van der Waals surface area contributed by atoms with E-state index in [9.17, 15) is 5.11 Å². The van der Waals surface area contributed by atoms with E-state index in [0.717, 1.165) is 29.2 Å². The van der Waals surface area contributed by atoms with Gasteiger partial charge < -0.3 is 20.3 Å². The average molecular weight is 281 g/mol. The molecule has 0 radical (unpaired) electrons. The number of rotatable bonds is 5. The van der Waals surface area contributed by atoms with Crippen LogP contribution in [0.2, 0.25) is 0 Å². The van der Waals surface area contributed by atoms with Crippen LogP contribution in [0.3, 0.4) is 0 Å². The maximum absolute atomic E-state index is 10.5. The van der Waals surface area contributed by atoms with Gasteiger partial charge in [-0.25, -0.2) is 0 Å². The summed E-state index contributed by atoms with van der Waals surface area (Å²) in [6, 6.07) is 5.90. The largest absolute Gasteiger partial charge is 0.486 e. The first kappa shape index (κ1) is 13.1. The molecule has 1 atom stereocenters. The van der Waals surface area contributed by atoms with E-state index < -0.39 is 5.60 Å². The van der Waals surface area contributed by atoms with E-state index in [2.05, 4.69) is 0 Å². The van der Waals surface area contributed by atoms with Crippen LogP contribution in [0.4, 0.5) is 0 Å². The summed E-state index contributed by atoms with van der Waals surface area (Å²) in [5.74, 6) is 2.60. The van der Waals surface area contributed by atoms with Crippen molar-refractivity contribution in [2.24, 2.45) is 11.7 Å². The van der Waals surface area contributed by atoms with Crippen molar-refractivity contribution < 1.29 is 14.6 Å². The molecule has 2 aliphatic rings. The maximum Gasteiger partial charge on any atom is 0.162 e. The summed E-state index contributed by atoms with van der Waals surface area (Å²) in [6.07, 6.45) is 2.19. The summed E-state index contributed by atoms with van der Waals surface area (Å²) in [6.45, 7) is 1.53. The van der Waals surface area contributed by atoms with Gasteiger partial charge in [0.1, 0.15) is 13.2 Å². The molecule has 0 bridgehead atoms. The third-order valence-corrected chi connectivity index (χ3v) is 4.92. The molecule has 1 aromatic carbocycles. The molecule has 5 heteroatoms. The molecule has 3 N–H and O–H groups in total. The van der Waals surface area contributed by atoms with Crippen molar-refractivity contribution in [3.63, 3.8) is 0 Å². The minimum absolute atomic E-state index is 0.329. The second kappa shape index (κ2) is 5.23. The molecule has 1 aromatic rings. The number of hydrogen-bond acceptors (Lipinski definition) is 5. The lowest BCUT2D eigenvalue weighted by Crippen LogP contribution is -2.42. The first-order valence-electron chi connectivity index (χ1n) is 6.66. The van der Waals surface area contributed by atoms with Crippen LogP contribution in [0.25, 0.3) is 0 Å². The molecule has 0 amide bonds.